The summed E-state index contributed by atoms with van der Waals surface area (Å²) in [6, 6.07) is 7.27. The summed E-state index contributed by atoms with van der Waals surface area (Å²) in [4.78, 5) is 14.8. The topological polar surface area (TPSA) is 30.7 Å². The van der Waals surface area contributed by atoms with Gasteiger partial charge in [-0.2, -0.15) is 0 Å². The van der Waals surface area contributed by atoms with Gasteiger partial charge in [-0.25, -0.2) is 4.85 Å². The van der Waals surface area contributed by atoms with Gasteiger partial charge in [-0.15, -0.1) is 0 Å². The Morgan fingerprint density at radius 2 is 1.88 bits per heavy atom. The summed E-state index contributed by atoms with van der Waals surface area (Å²) >= 11 is 0. The van der Waals surface area contributed by atoms with Crippen molar-refractivity contribution in [3.05, 3.63) is 41.2 Å². The van der Waals surface area contributed by atoms with Crippen molar-refractivity contribution in [1.82, 2.24) is 0 Å². The van der Waals surface area contributed by atoms with Crippen molar-refractivity contribution in [3.63, 3.8) is 0 Å². The third-order valence-corrected chi connectivity index (χ3v) is 2.10. The number of nitrogens with zero attached hydrogens (tertiary/aromatic N) is 1. The average Bonchev–Trinajstić information content (AvgIpc) is 2.25. The van der Waals surface area contributed by atoms with Crippen LogP contribution in [0.25, 0.3) is 4.85 Å². The van der Waals surface area contributed by atoms with Crippen LogP contribution in [0.5, 0.6) is 0 Å². The molecule has 3 heteroatoms. The second-order valence-electron chi connectivity index (χ2n) is 4.86. The lowest BCUT2D eigenvalue weighted by molar-refractivity contribution is -0.154. The quantitative estimate of drug-likeness (QED) is 0.588. The van der Waals surface area contributed by atoms with Crippen LogP contribution in [0.1, 0.15) is 32.8 Å². The number of esters is 1. The molecule has 0 aromatic heterocycles. The molecule has 0 aliphatic heterocycles. The van der Waals surface area contributed by atoms with E-state index >= 15 is 0 Å². The molecule has 17 heavy (non-hydrogen) atoms. The van der Waals surface area contributed by atoms with E-state index in [1.165, 1.54) is 0 Å². The zero-order valence-corrected chi connectivity index (χ0v) is 10.5. The smallest absolute Gasteiger partial charge is 0.306 e. The molecule has 0 unspecified atom stereocenters. The number of rotatable bonds is 3. The van der Waals surface area contributed by atoms with Crippen molar-refractivity contribution >= 4 is 11.7 Å². The summed E-state index contributed by atoms with van der Waals surface area (Å²) in [6.07, 6.45) is 1.02. The normalized spacial score (nSPS) is 10.7. The van der Waals surface area contributed by atoms with Gasteiger partial charge in [0.1, 0.15) is 5.60 Å². The van der Waals surface area contributed by atoms with E-state index in [0.717, 1.165) is 5.56 Å². The van der Waals surface area contributed by atoms with Crippen LogP contribution in [0, 0.1) is 6.57 Å². The van der Waals surface area contributed by atoms with Crippen LogP contribution >= 0.6 is 0 Å². The highest BCUT2D eigenvalue weighted by molar-refractivity contribution is 5.70. The Morgan fingerprint density at radius 3 is 2.35 bits per heavy atom. The van der Waals surface area contributed by atoms with Crippen molar-refractivity contribution in [2.24, 2.45) is 0 Å². The Balaban J connectivity index is 2.45. The minimum absolute atomic E-state index is 0.188. The summed E-state index contributed by atoms with van der Waals surface area (Å²) < 4.78 is 5.22. The number of aryl methyl sites for hydroxylation is 1. The van der Waals surface area contributed by atoms with Gasteiger partial charge in [-0.05, 0) is 32.8 Å². The summed E-state index contributed by atoms with van der Waals surface area (Å²) in [7, 11) is 0. The lowest BCUT2D eigenvalue weighted by atomic mass is 10.1. The van der Waals surface area contributed by atoms with Gasteiger partial charge in [-0.3, -0.25) is 4.79 Å². The molecule has 0 atom stereocenters. The molecule has 0 heterocycles. The average molecular weight is 231 g/mol. The third kappa shape index (κ3) is 5.17. The zero-order chi connectivity index (χ0) is 12.9. The molecule has 90 valence electrons. The molecule has 0 aliphatic carbocycles. The Hall–Kier alpha value is -1.82. The molecule has 0 fully saturated rings. The lowest BCUT2D eigenvalue weighted by Crippen LogP contribution is -2.23. The number of ether oxygens (including phenoxy) is 1. The van der Waals surface area contributed by atoms with E-state index in [1.54, 1.807) is 12.1 Å². The maximum atomic E-state index is 11.5. The monoisotopic (exact) mass is 231 g/mol. The summed E-state index contributed by atoms with van der Waals surface area (Å²) in [5, 5.41) is 0. The SMILES string of the molecule is [C-]#[N+]c1ccc(CCC(=O)OC(C)(C)C)cc1. The van der Waals surface area contributed by atoms with Crippen molar-refractivity contribution in [2.45, 2.75) is 39.2 Å². The number of hydrogen-bond acceptors (Lipinski definition) is 2. The van der Waals surface area contributed by atoms with E-state index in [-0.39, 0.29) is 5.97 Å². The molecular weight excluding hydrogens is 214 g/mol. The van der Waals surface area contributed by atoms with Crippen LogP contribution in [0.3, 0.4) is 0 Å². The number of carbonyl (C=O) groups excluding carboxylic acids is 1. The highest BCUT2D eigenvalue weighted by Crippen LogP contribution is 2.15. The molecule has 0 aliphatic rings. The fraction of sp³-hybridized carbons (Fsp3) is 0.429. The highest BCUT2D eigenvalue weighted by atomic mass is 16.6. The van der Waals surface area contributed by atoms with E-state index in [0.29, 0.717) is 18.5 Å². The first-order chi connectivity index (χ1) is 7.90. The minimum atomic E-state index is -0.426. The minimum Gasteiger partial charge on any atom is -0.460 e. The number of hydrogen-bond donors (Lipinski definition) is 0. The van der Waals surface area contributed by atoms with Gasteiger partial charge in [0, 0.05) is 6.42 Å². The van der Waals surface area contributed by atoms with Gasteiger partial charge in [0.15, 0.2) is 5.69 Å². The first-order valence-corrected chi connectivity index (χ1v) is 5.59. The molecule has 1 rings (SSSR count). The van der Waals surface area contributed by atoms with Crippen molar-refractivity contribution in [3.8, 4) is 0 Å². The van der Waals surface area contributed by atoms with Gasteiger partial charge in [0.25, 0.3) is 0 Å². The van der Waals surface area contributed by atoms with Gasteiger partial charge in [-0.1, -0.05) is 24.3 Å². The fourth-order valence-corrected chi connectivity index (χ4v) is 1.38. The number of carbonyl (C=O) groups is 1. The van der Waals surface area contributed by atoms with Crippen molar-refractivity contribution in [2.75, 3.05) is 0 Å². The second kappa shape index (κ2) is 5.49. The van der Waals surface area contributed by atoms with E-state index in [1.807, 2.05) is 32.9 Å². The first kappa shape index (κ1) is 13.2. The van der Waals surface area contributed by atoms with Gasteiger partial charge < -0.3 is 4.74 Å². The van der Waals surface area contributed by atoms with Gasteiger partial charge in [0.05, 0.1) is 6.57 Å². The second-order valence-corrected chi connectivity index (χ2v) is 4.86. The molecule has 0 N–H and O–H groups in total. The van der Waals surface area contributed by atoms with E-state index in [9.17, 15) is 4.79 Å². The molecular formula is C14H17NO2. The highest BCUT2D eigenvalue weighted by Gasteiger charge is 2.15. The molecule has 3 nitrogen and oxygen atoms in total. The summed E-state index contributed by atoms with van der Waals surface area (Å²) in [5.74, 6) is -0.188. The van der Waals surface area contributed by atoms with E-state index < -0.39 is 5.60 Å². The molecule has 0 radical (unpaired) electrons. The largest absolute Gasteiger partial charge is 0.460 e. The van der Waals surface area contributed by atoms with Gasteiger partial charge >= 0.3 is 5.97 Å². The Labute approximate surface area is 102 Å². The number of benzene rings is 1. The molecule has 1 aromatic carbocycles. The Bertz CT molecular complexity index is 421. The zero-order valence-electron chi connectivity index (χ0n) is 10.5. The fourth-order valence-electron chi connectivity index (χ4n) is 1.38. The molecule has 0 saturated heterocycles. The predicted molar refractivity (Wildman–Crippen MR) is 66.9 cm³/mol. The molecule has 0 spiro atoms. The Kier molecular flexibility index (Phi) is 4.28. The van der Waals surface area contributed by atoms with E-state index in [4.69, 9.17) is 11.3 Å². The van der Waals surface area contributed by atoms with Crippen LogP contribution in [0.4, 0.5) is 5.69 Å². The maximum Gasteiger partial charge on any atom is 0.306 e. The standard InChI is InChI=1S/C14H17NO2/c1-14(2,3)17-13(16)10-7-11-5-8-12(15-4)9-6-11/h5-6,8-9H,7,10H2,1-3H3. The van der Waals surface area contributed by atoms with Crippen molar-refractivity contribution in [1.29, 1.82) is 0 Å². The third-order valence-electron chi connectivity index (χ3n) is 2.10. The van der Waals surface area contributed by atoms with Crippen molar-refractivity contribution < 1.29 is 9.53 Å². The molecule has 0 amide bonds. The van der Waals surface area contributed by atoms with Gasteiger partial charge in [0.2, 0.25) is 0 Å². The lowest BCUT2D eigenvalue weighted by Gasteiger charge is -2.19. The maximum absolute atomic E-state index is 11.5. The van der Waals surface area contributed by atoms with Crippen LogP contribution in [0.2, 0.25) is 0 Å². The summed E-state index contributed by atoms with van der Waals surface area (Å²) in [5.41, 5.74) is 1.24. The van der Waals surface area contributed by atoms with Crippen LogP contribution in [-0.4, -0.2) is 11.6 Å². The van der Waals surface area contributed by atoms with Crippen LogP contribution in [-0.2, 0) is 16.0 Å². The molecule has 0 bridgehead atoms. The van der Waals surface area contributed by atoms with Crippen LogP contribution in [0.15, 0.2) is 24.3 Å². The van der Waals surface area contributed by atoms with E-state index in [2.05, 4.69) is 4.85 Å². The van der Waals surface area contributed by atoms with Crippen LogP contribution < -0.4 is 0 Å². The molecule has 1 aromatic rings. The Morgan fingerprint density at radius 1 is 1.29 bits per heavy atom. The molecule has 0 saturated carbocycles. The first-order valence-electron chi connectivity index (χ1n) is 5.59. The predicted octanol–water partition coefficient (Wildman–Crippen LogP) is 3.51. The summed E-state index contributed by atoms with van der Waals surface area (Å²) in [6.45, 7) is 12.4.